The number of hydrogen-bond donors (Lipinski definition) is 1. The lowest BCUT2D eigenvalue weighted by Crippen LogP contribution is -2.41. The second-order valence-electron chi connectivity index (χ2n) is 3.88. The SMILES string of the molecule is CCNC(=O)N1CCCCC(C)C1. The van der Waals surface area contributed by atoms with Gasteiger partial charge in [0.1, 0.15) is 0 Å². The lowest BCUT2D eigenvalue weighted by atomic mass is 10.1. The van der Waals surface area contributed by atoms with Gasteiger partial charge in [0.25, 0.3) is 0 Å². The van der Waals surface area contributed by atoms with Crippen LogP contribution >= 0.6 is 0 Å². The van der Waals surface area contributed by atoms with Crippen molar-refractivity contribution >= 4 is 6.03 Å². The number of carbonyl (C=O) groups is 1. The molecule has 0 aromatic rings. The number of hydrogen-bond acceptors (Lipinski definition) is 1. The van der Waals surface area contributed by atoms with Crippen LogP contribution in [-0.2, 0) is 0 Å². The molecule has 13 heavy (non-hydrogen) atoms. The fourth-order valence-electron chi connectivity index (χ4n) is 1.80. The fourth-order valence-corrected chi connectivity index (χ4v) is 1.80. The molecule has 3 heteroatoms. The normalized spacial score (nSPS) is 23.8. The quantitative estimate of drug-likeness (QED) is 0.662. The summed E-state index contributed by atoms with van der Waals surface area (Å²) in [4.78, 5) is 13.5. The summed E-state index contributed by atoms with van der Waals surface area (Å²) in [7, 11) is 0. The van der Waals surface area contributed by atoms with Crippen LogP contribution in [0.3, 0.4) is 0 Å². The van der Waals surface area contributed by atoms with E-state index in [2.05, 4.69) is 12.2 Å². The molecule has 0 aromatic heterocycles. The summed E-state index contributed by atoms with van der Waals surface area (Å²) >= 11 is 0. The van der Waals surface area contributed by atoms with Crippen LogP contribution in [0.1, 0.15) is 33.1 Å². The fraction of sp³-hybridized carbons (Fsp3) is 0.900. The van der Waals surface area contributed by atoms with Crippen LogP contribution in [0, 0.1) is 5.92 Å². The Bertz CT molecular complexity index is 170. The molecule has 0 aliphatic carbocycles. The van der Waals surface area contributed by atoms with Gasteiger partial charge in [0, 0.05) is 19.6 Å². The number of rotatable bonds is 1. The molecule has 0 saturated carbocycles. The van der Waals surface area contributed by atoms with Crippen LogP contribution in [-0.4, -0.2) is 30.6 Å². The largest absolute Gasteiger partial charge is 0.338 e. The van der Waals surface area contributed by atoms with Gasteiger partial charge in [0.2, 0.25) is 0 Å². The molecule has 0 bridgehead atoms. The lowest BCUT2D eigenvalue weighted by Gasteiger charge is -2.22. The Morgan fingerprint density at radius 1 is 1.54 bits per heavy atom. The van der Waals surface area contributed by atoms with Crippen molar-refractivity contribution in [3.8, 4) is 0 Å². The highest BCUT2D eigenvalue weighted by Gasteiger charge is 2.18. The zero-order chi connectivity index (χ0) is 9.68. The summed E-state index contributed by atoms with van der Waals surface area (Å²) in [5.41, 5.74) is 0. The maximum atomic E-state index is 11.5. The topological polar surface area (TPSA) is 32.3 Å². The number of urea groups is 1. The molecule has 1 rings (SSSR count). The molecule has 1 atom stereocenters. The van der Waals surface area contributed by atoms with Gasteiger partial charge in [-0.2, -0.15) is 0 Å². The van der Waals surface area contributed by atoms with E-state index in [9.17, 15) is 4.79 Å². The molecule has 1 N–H and O–H groups in total. The molecule has 1 aliphatic heterocycles. The van der Waals surface area contributed by atoms with Crippen molar-refractivity contribution < 1.29 is 4.79 Å². The van der Waals surface area contributed by atoms with Gasteiger partial charge in [-0.1, -0.05) is 13.3 Å². The van der Waals surface area contributed by atoms with Gasteiger partial charge in [-0.25, -0.2) is 4.79 Å². The molecule has 1 saturated heterocycles. The molecule has 3 nitrogen and oxygen atoms in total. The maximum Gasteiger partial charge on any atom is 0.317 e. The predicted molar refractivity (Wildman–Crippen MR) is 53.7 cm³/mol. The first-order valence-corrected chi connectivity index (χ1v) is 5.26. The first kappa shape index (κ1) is 10.4. The summed E-state index contributed by atoms with van der Waals surface area (Å²) in [6, 6.07) is 0.108. The molecule has 2 amide bonds. The van der Waals surface area contributed by atoms with Crippen LogP contribution < -0.4 is 5.32 Å². The highest BCUT2D eigenvalue weighted by atomic mass is 16.2. The highest BCUT2D eigenvalue weighted by molar-refractivity contribution is 5.74. The minimum atomic E-state index is 0.108. The van der Waals surface area contributed by atoms with Gasteiger partial charge in [-0.15, -0.1) is 0 Å². The van der Waals surface area contributed by atoms with E-state index in [1.165, 1.54) is 12.8 Å². The molecule has 0 radical (unpaired) electrons. The zero-order valence-electron chi connectivity index (χ0n) is 8.68. The van der Waals surface area contributed by atoms with Crippen molar-refractivity contribution in [1.82, 2.24) is 10.2 Å². The summed E-state index contributed by atoms with van der Waals surface area (Å²) in [5, 5.41) is 2.85. The van der Waals surface area contributed by atoms with Crippen molar-refractivity contribution in [2.45, 2.75) is 33.1 Å². The van der Waals surface area contributed by atoms with Gasteiger partial charge in [-0.3, -0.25) is 0 Å². The Morgan fingerprint density at radius 3 is 3.00 bits per heavy atom. The first-order valence-electron chi connectivity index (χ1n) is 5.26. The van der Waals surface area contributed by atoms with Crippen LogP contribution in [0.5, 0.6) is 0 Å². The minimum Gasteiger partial charge on any atom is -0.338 e. The standard InChI is InChI=1S/C10H20N2O/c1-3-11-10(13)12-7-5-4-6-9(2)8-12/h9H,3-8H2,1-2H3,(H,11,13). The van der Waals surface area contributed by atoms with Crippen LogP contribution in [0.2, 0.25) is 0 Å². The van der Waals surface area contributed by atoms with E-state index >= 15 is 0 Å². The smallest absolute Gasteiger partial charge is 0.317 e. The van der Waals surface area contributed by atoms with Crippen LogP contribution in [0.15, 0.2) is 0 Å². The second-order valence-corrected chi connectivity index (χ2v) is 3.88. The third kappa shape index (κ3) is 3.25. The van der Waals surface area contributed by atoms with Gasteiger partial charge < -0.3 is 10.2 Å². The maximum absolute atomic E-state index is 11.5. The molecule has 1 fully saturated rings. The van der Waals surface area contributed by atoms with E-state index in [-0.39, 0.29) is 6.03 Å². The van der Waals surface area contributed by atoms with Gasteiger partial charge in [0.15, 0.2) is 0 Å². The summed E-state index contributed by atoms with van der Waals surface area (Å²) in [6.45, 7) is 6.75. The van der Waals surface area contributed by atoms with Crippen molar-refractivity contribution in [3.05, 3.63) is 0 Å². The van der Waals surface area contributed by atoms with E-state index in [1.54, 1.807) is 0 Å². The minimum absolute atomic E-state index is 0.108. The van der Waals surface area contributed by atoms with Gasteiger partial charge >= 0.3 is 6.03 Å². The Hall–Kier alpha value is -0.730. The zero-order valence-corrected chi connectivity index (χ0v) is 8.68. The first-order chi connectivity index (χ1) is 6.24. The molecular weight excluding hydrogens is 164 g/mol. The van der Waals surface area contributed by atoms with Crippen molar-refractivity contribution in [1.29, 1.82) is 0 Å². The molecule has 1 heterocycles. The van der Waals surface area contributed by atoms with Gasteiger partial charge in [-0.05, 0) is 25.7 Å². The van der Waals surface area contributed by atoms with E-state index < -0.39 is 0 Å². The Labute approximate surface area is 80.5 Å². The summed E-state index contributed by atoms with van der Waals surface area (Å²) in [5.74, 6) is 0.658. The average Bonchev–Trinajstić information content (AvgIpc) is 2.30. The van der Waals surface area contributed by atoms with E-state index in [1.807, 2.05) is 11.8 Å². The van der Waals surface area contributed by atoms with E-state index in [0.29, 0.717) is 5.92 Å². The number of nitrogens with zero attached hydrogens (tertiary/aromatic N) is 1. The third-order valence-electron chi connectivity index (χ3n) is 2.52. The number of amides is 2. The third-order valence-corrected chi connectivity index (χ3v) is 2.52. The van der Waals surface area contributed by atoms with E-state index in [0.717, 1.165) is 26.1 Å². The summed E-state index contributed by atoms with van der Waals surface area (Å²) in [6.07, 6.45) is 3.68. The second kappa shape index (κ2) is 5.10. The average molecular weight is 184 g/mol. The lowest BCUT2D eigenvalue weighted by molar-refractivity contribution is 0.194. The highest BCUT2D eigenvalue weighted by Crippen LogP contribution is 2.15. The molecule has 0 aromatic carbocycles. The number of nitrogens with one attached hydrogen (secondary N) is 1. The Kier molecular flexibility index (Phi) is 4.06. The molecule has 1 aliphatic rings. The van der Waals surface area contributed by atoms with Gasteiger partial charge in [0.05, 0.1) is 0 Å². The number of likely N-dealkylation sites (tertiary alicyclic amines) is 1. The molecule has 76 valence electrons. The van der Waals surface area contributed by atoms with Crippen LogP contribution in [0.25, 0.3) is 0 Å². The number of carbonyl (C=O) groups excluding carboxylic acids is 1. The van der Waals surface area contributed by atoms with Crippen molar-refractivity contribution in [2.24, 2.45) is 5.92 Å². The van der Waals surface area contributed by atoms with Crippen molar-refractivity contribution in [2.75, 3.05) is 19.6 Å². The van der Waals surface area contributed by atoms with Crippen LogP contribution in [0.4, 0.5) is 4.79 Å². The Morgan fingerprint density at radius 2 is 2.31 bits per heavy atom. The predicted octanol–water partition coefficient (Wildman–Crippen LogP) is 1.84. The molecule has 0 spiro atoms. The van der Waals surface area contributed by atoms with Crippen molar-refractivity contribution in [3.63, 3.8) is 0 Å². The van der Waals surface area contributed by atoms with E-state index in [4.69, 9.17) is 0 Å². The molecule has 1 unspecified atom stereocenters. The molecular formula is C10H20N2O. The Balaban J connectivity index is 2.42. The monoisotopic (exact) mass is 184 g/mol. The summed E-state index contributed by atoms with van der Waals surface area (Å²) < 4.78 is 0.